The predicted molar refractivity (Wildman–Crippen MR) is 123 cm³/mol. The number of carbonyl (C=O) groups is 2. The maximum Gasteiger partial charge on any atom is 0.325 e. The Morgan fingerprint density at radius 1 is 1.28 bits per heavy atom. The molecule has 1 aliphatic rings. The Bertz CT molecular complexity index is 734. The maximum absolute atomic E-state index is 14.0. The number of hydrogen-bond donors (Lipinski definition) is 0. The van der Waals surface area contributed by atoms with E-state index in [-0.39, 0.29) is 13.0 Å². The lowest BCUT2D eigenvalue weighted by Crippen LogP contribution is -2.55. The Morgan fingerprint density at radius 2 is 1.97 bits per heavy atom. The molecule has 0 amide bonds. The second kappa shape index (κ2) is 12.0. The second-order valence-electron chi connectivity index (χ2n) is 9.39. The van der Waals surface area contributed by atoms with E-state index in [9.17, 15) is 18.4 Å². The molecule has 1 aromatic rings. The van der Waals surface area contributed by atoms with E-state index < -0.39 is 38.4 Å². The summed E-state index contributed by atoms with van der Waals surface area (Å²) >= 11 is 0. The van der Waals surface area contributed by atoms with Crippen molar-refractivity contribution in [3.05, 3.63) is 35.9 Å². The highest BCUT2D eigenvalue weighted by molar-refractivity contribution is 6.71. The third-order valence-corrected chi connectivity index (χ3v) is 8.52. The van der Waals surface area contributed by atoms with Gasteiger partial charge in [0.2, 0.25) is 6.36 Å². The van der Waals surface area contributed by atoms with E-state index in [1.807, 2.05) is 50.3 Å². The third kappa shape index (κ3) is 7.45. The molecule has 1 aliphatic heterocycles. The molecule has 4 atom stereocenters. The van der Waals surface area contributed by atoms with Crippen molar-refractivity contribution in [2.24, 2.45) is 0 Å². The van der Waals surface area contributed by atoms with Gasteiger partial charge in [-0.25, -0.2) is 8.78 Å². The van der Waals surface area contributed by atoms with Crippen LogP contribution in [0.5, 0.6) is 0 Å². The Labute approximate surface area is 191 Å². The van der Waals surface area contributed by atoms with E-state index in [0.717, 1.165) is 11.8 Å². The van der Waals surface area contributed by atoms with Crippen LogP contribution < -0.4 is 0 Å². The molecular formula is C24H37F2NO4Si. The number of alkyl halides is 2. The summed E-state index contributed by atoms with van der Waals surface area (Å²) in [5, 5.41) is 0. The van der Waals surface area contributed by atoms with Crippen molar-refractivity contribution in [1.29, 1.82) is 0 Å². The number of esters is 1. The summed E-state index contributed by atoms with van der Waals surface area (Å²) in [4.78, 5) is 27.0. The van der Waals surface area contributed by atoms with Gasteiger partial charge in [-0.05, 0) is 57.3 Å². The zero-order valence-corrected chi connectivity index (χ0v) is 20.7. The number of nitrogens with zero attached hydrogens (tertiary/aromatic N) is 1. The van der Waals surface area contributed by atoms with Crippen molar-refractivity contribution in [3.8, 4) is 0 Å². The van der Waals surface area contributed by atoms with Crippen molar-refractivity contribution in [1.82, 2.24) is 4.90 Å². The van der Waals surface area contributed by atoms with Gasteiger partial charge >= 0.3 is 5.97 Å². The molecule has 0 radical (unpaired) electrons. The fraction of sp³-hybridized carbons (Fsp3) is 0.667. The highest BCUT2D eigenvalue weighted by Gasteiger charge is 2.50. The Kier molecular flexibility index (Phi) is 9.98. The molecule has 180 valence electrons. The number of carbonyl (C=O) groups excluding carboxylic acids is 2. The summed E-state index contributed by atoms with van der Waals surface area (Å²) in [6, 6.07) is 9.45. The summed E-state index contributed by atoms with van der Waals surface area (Å²) in [6.07, 6.45) is 0.233. The van der Waals surface area contributed by atoms with E-state index in [4.69, 9.17) is 9.16 Å². The van der Waals surface area contributed by atoms with E-state index >= 15 is 0 Å². The maximum atomic E-state index is 14.0. The van der Waals surface area contributed by atoms with Gasteiger partial charge in [0, 0.05) is 13.0 Å². The zero-order chi connectivity index (χ0) is 23.8. The summed E-state index contributed by atoms with van der Waals surface area (Å²) < 4.78 is 38.6. The molecular weight excluding hydrogens is 432 g/mol. The monoisotopic (exact) mass is 469 g/mol. The molecule has 0 bridgehead atoms. The molecule has 1 saturated heterocycles. The van der Waals surface area contributed by atoms with Gasteiger partial charge in [-0.3, -0.25) is 9.69 Å². The fourth-order valence-electron chi connectivity index (χ4n) is 4.03. The van der Waals surface area contributed by atoms with E-state index in [1.165, 1.54) is 6.92 Å². The van der Waals surface area contributed by atoms with Crippen LogP contribution in [-0.4, -0.2) is 56.2 Å². The van der Waals surface area contributed by atoms with E-state index in [1.54, 1.807) is 4.90 Å². The fourth-order valence-corrected chi connectivity index (χ4v) is 5.91. The van der Waals surface area contributed by atoms with Gasteiger partial charge in [0.05, 0.1) is 12.8 Å². The first kappa shape index (κ1) is 26.6. The molecule has 2 unspecified atom stereocenters. The Hall–Kier alpha value is -1.64. The Balaban J connectivity index is 2.22. The molecule has 1 aromatic carbocycles. The van der Waals surface area contributed by atoms with Gasteiger partial charge in [-0.1, -0.05) is 37.3 Å². The lowest BCUT2D eigenvalue weighted by atomic mass is 9.99. The molecule has 0 saturated carbocycles. The van der Waals surface area contributed by atoms with E-state index in [2.05, 4.69) is 0 Å². The Morgan fingerprint density at radius 3 is 2.56 bits per heavy atom. The van der Waals surface area contributed by atoms with Gasteiger partial charge < -0.3 is 14.0 Å². The van der Waals surface area contributed by atoms with Crippen LogP contribution in [-0.2, 0) is 25.3 Å². The summed E-state index contributed by atoms with van der Waals surface area (Å²) in [5.74, 6) is -0.645. The molecule has 1 fully saturated rings. The minimum Gasteiger partial charge on any atom is -0.430 e. The average Bonchev–Trinajstić information content (AvgIpc) is 3.10. The molecule has 0 N–H and O–H groups in total. The summed E-state index contributed by atoms with van der Waals surface area (Å²) in [5.41, 5.74) is -0.0756. The zero-order valence-electron chi connectivity index (χ0n) is 19.7. The van der Waals surface area contributed by atoms with Gasteiger partial charge in [0.1, 0.15) is 17.9 Å². The number of hydrogen-bond acceptors (Lipinski definition) is 5. The third-order valence-electron chi connectivity index (χ3n) is 6.10. The van der Waals surface area contributed by atoms with Crippen molar-refractivity contribution in [3.63, 3.8) is 0 Å². The highest BCUT2D eigenvalue weighted by Crippen LogP contribution is 2.36. The van der Waals surface area contributed by atoms with Crippen molar-refractivity contribution < 1.29 is 27.5 Å². The number of likely N-dealkylation sites (tertiary alicyclic amines) is 1. The van der Waals surface area contributed by atoms with Crippen LogP contribution in [0.4, 0.5) is 8.78 Å². The molecule has 0 aromatic heterocycles. The first-order valence-electron chi connectivity index (χ1n) is 11.5. The van der Waals surface area contributed by atoms with Crippen LogP contribution >= 0.6 is 0 Å². The van der Waals surface area contributed by atoms with Gasteiger partial charge in [-0.15, -0.1) is 0 Å². The summed E-state index contributed by atoms with van der Waals surface area (Å²) in [7, 11) is -2.21. The van der Waals surface area contributed by atoms with Crippen LogP contribution in [0, 0.1) is 0 Å². The number of ether oxygens (including phenoxy) is 1. The van der Waals surface area contributed by atoms with Crippen LogP contribution in [0.3, 0.4) is 0 Å². The predicted octanol–water partition coefficient (Wildman–Crippen LogP) is 5.20. The van der Waals surface area contributed by atoms with Crippen LogP contribution in [0.15, 0.2) is 30.3 Å². The normalized spacial score (nSPS) is 23.6. The van der Waals surface area contributed by atoms with E-state index in [0.29, 0.717) is 38.3 Å². The summed E-state index contributed by atoms with van der Waals surface area (Å²) in [6.45, 7) is 7.84. The number of aldehydes is 1. The van der Waals surface area contributed by atoms with Crippen LogP contribution in [0.25, 0.3) is 0 Å². The molecule has 5 nitrogen and oxygen atoms in total. The number of benzene rings is 1. The smallest absolute Gasteiger partial charge is 0.325 e. The van der Waals surface area contributed by atoms with Crippen molar-refractivity contribution >= 4 is 20.6 Å². The number of halogens is 2. The van der Waals surface area contributed by atoms with Gasteiger partial charge in [-0.2, -0.15) is 0 Å². The van der Waals surface area contributed by atoms with Gasteiger partial charge in [0.25, 0.3) is 0 Å². The van der Waals surface area contributed by atoms with Crippen molar-refractivity contribution in [2.45, 2.75) is 95.7 Å². The second-order valence-corrected chi connectivity index (χ2v) is 13.7. The average molecular weight is 470 g/mol. The molecule has 0 spiro atoms. The first-order chi connectivity index (χ1) is 15.1. The molecule has 1 heterocycles. The topological polar surface area (TPSA) is 55.8 Å². The minimum atomic E-state index is -2.21. The molecule has 2 rings (SSSR count). The SMILES string of the molecule is CCCC(F)OC(=O)[C@H]1CC[C@](C=O)(CO[Si](C)(C)CCC(C)F)N1Cc1ccccc1. The van der Waals surface area contributed by atoms with Crippen LogP contribution in [0.1, 0.15) is 51.5 Å². The molecule has 8 heteroatoms. The molecule has 32 heavy (non-hydrogen) atoms. The lowest BCUT2D eigenvalue weighted by Gasteiger charge is -2.38. The quantitative estimate of drug-likeness (QED) is 0.226. The highest BCUT2D eigenvalue weighted by atomic mass is 28.4. The number of rotatable bonds is 13. The van der Waals surface area contributed by atoms with Crippen LogP contribution in [0.2, 0.25) is 19.1 Å². The first-order valence-corrected chi connectivity index (χ1v) is 14.6. The minimum absolute atomic E-state index is 0.126. The largest absolute Gasteiger partial charge is 0.430 e. The van der Waals surface area contributed by atoms with Gasteiger partial charge in [0.15, 0.2) is 8.32 Å². The van der Waals surface area contributed by atoms with Crippen molar-refractivity contribution in [2.75, 3.05) is 6.61 Å². The standard InChI is InChI=1S/C24H37F2NO4Si/c1-5-9-22(26)31-23(29)21-12-14-24(17-28,18-30-32(3,4)15-13-19(2)25)27(21)16-20-10-7-6-8-11-20/h6-8,10-11,17,19,21-22H,5,9,12-16,18H2,1-4H3/t19?,21-,22?,24+/m1/s1. The lowest BCUT2D eigenvalue weighted by molar-refractivity contribution is -0.165. The molecule has 0 aliphatic carbocycles.